The summed E-state index contributed by atoms with van der Waals surface area (Å²) in [5.41, 5.74) is 2.67. The number of para-hydroxylation sites is 2. The highest BCUT2D eigenvalue weighted by Crippen LogP contribution is 2.31. The summed E-state index contributed by atoms with van der Waals surface area (Å²) < 4.78 is 32.7. The molecule has 0 radical (unpaired) electrons. The zero-order valence-electron chi connectivity index (χ0n) is 16.4. The largest absolute Gasteiger partial charge is 0.342 e. The van der Waals surface area contributed by atoms with Crippen molar-refractivity contribution in [2.24, 2.45) is 0 Å². The average Bonchev–Trinajstić information content (AvgIpc) is 3.40. The fourth-order valence-corrected chi connectivity index (χ4v) is 5.35. The molecule has 0 bridgehead atoms. The van der Waals surface area contributed by atoms with Crippen molar-refractivity contribution in [1.82, 2.24) is 24.4 Å². The van der Waals surface area contributed by atoms with Gasteiger partial charge in [0.25, 0.3) is 0 Å². The van der Waals surface area contributed by atoms with Crippen LogP contribution >= 0.6 is 0 Å². The first-order valence-electron chi connectivity index (χ1n) is 9.86. The Hall–Kier alpha value is -3.04. The van der Waals surface area contributed by atoms with Crippen LogP contribution < -0.4 is 0 Å². The van der Waals surface area contributed by atoms with Crippen LogP contribution in [0.15, 0.2) is 57.9 Å². The topological polar surface area (TPSA) is 105 Å². The summed E-state index contributed by atoms with van der Waals surface area (Å²) in [7, 11) is -3.55. The Kier molecular flexibility index (Phi) is 4.63. The number of nitrogens with one attached hydrogen (secondary N) is 1. The predicted molar refractivity (Wildman–Crippen MR) is 111 cm³/mol. The Labute approximate surface area is 174 Å². The van der Waals surface area contributed by atoms with Crippen molar-refractivity contribution in [3.05, 3.63) is 60.2 Å². The lowest BCUT2D eigenvalue weighted by Crippen LogP contribution is -2.38. The van der Waals surface area contributed by atoms with E-state index < -0.39 is 10.0 Å². The number of aromatic amines is 1. The van der Waals surface area contributed by atoms with Crippen LogP contribution in [0, 0.1) is 6.92 Å². The molecule has 4 aromatic rings. The van der Waals surface area contributed by atoms with E-state index in [2.05, 4.69) is 20.1 Å². The molecule has 0 spiro atoms. The normalized spacial score (nSPS) is 16.3. The summed E-state index contributed by atoms with van der Waals surface area (Å²) in [5, 5.41) is 3.87. The highest BCUT2D eigenvalue weighted by Gasteiger charge is 2.31. The number of imidazole rings is 1. The van der Waals surface area contributed by atoms with Crippen LogP contribution in [0.2, 0.25) is 0 Å². The second-order valence-electron chi connectivity index (χ2n) is 7.48. The van der Waals surface area contributed by atoms with E-state index in [9.17, 15) is 8.42 Å². The summed E-state index contributed by atoms with van der Waals surface area (Å²) in [6, 6.07) is 14.5. The monoisotopic (exact) mass is 423 g/mol. The fourth-order valence-electron chi connectivity index (χ4n) is 3.88. The lowest BCUT2D eigenvalue weighted by Gasteiger charge is -2.30. The van der Waals surface area contributed by atoms with E-state index in [0.29, 0.717) is 24.8 Å². The number of benzene rings is 2. The lowest BCUT2D eigenvalue weighted by molar-refractivity contribution is 0.314. The highest BCUT2D eigenvalue weighted by atomic mass is 32.2. The summed E-state index contributed by atoms with van der Waals surface area (Å²) in [4.78, 5) is 12.5. The third-order valence-corrected chi connectivity index (χ3v) is 7.44. The second kappa shape index (κ2) is 7.33. The molecule has 1 N–H and O–H groups in total. The molecule has 1 aliphatic rings. The minimum Gasteiger partial charge on any atom is -0.342 e. The zero-order chi connectivity index (χ0) is 20.7. The van der Waals surface area contributed by atoms with Gasteiger partial charge in [0.2, 0.25) is 21.7 Å². The first-order valence-corrected chi connectivity index (χ1v) is 11.3. The molecule has 8 nitrogen and oxygen atoms in total. The Balaban J connectivity index is 1.30. The molecule has 1 saturated heterocycles. The maximum absolute atomic E-state index is 13.1. The van der Waals surface area contributed by atoms with Crippen LogP contribution in [0.5, 0.6) is 0 Å². The first-order chi connectivity index (χ1) is 14.5. The van der Waals surface area contributed by atoms with Crippen molar-refractivity contribution < 1.29 is 12.9 Å². The van der Waals surface area contributed by atoms with E-state index >= 15 is 0 Å². The van der Waals surface area contributed by atoms with Crippen molar-refractivity contribution in [2.45, 2.75) is 30.6 Å². The number of rotatable bonds is 4. The molecule has 0 unspecified atom stereocenters. The van der Waals surface area contributed by atoms with Crippen molar-refractivity contribution in [3.8, 4) is 11.4 Å². The van der Waals surface area contributed by atoms with Gasteiger partial charge in [0.05, 0.1) is 15.9 Å². The van der Waals surface area contributed by atoms with E-state index in [-0.39, 0.29) is 10.8 Å². The smallest absolute Gasteiger partial charge is 0.243 e. The number of fused-ring (bicyclic) bond motifs is 1. The first kappa shape index (κ1) is 19.0. The third-order valence-electron chi connectivity index (χ3n) is 5.53. The van der Waals surface area contributed by atoms with Gasteiger partial charge in [-0.3, -0.25) is 0 Å². The lowest BCUT2D eigenvalue weighted by atomic mass is 9.97. The number of H-pyrrole nitrogens is 1. The molecular formula is C21H21N5O3S. The number of piperidine rings is 1. The number of hydrogen-bond acceptors (Lipinski definition) is 6. The Morgan fingerprint density at radius 3 is 2.43 bits per heavy atom. The molecule has 5 rings (SSSR count). The van der Waals surface area contributed by atoms with Gasteiger partial charge < -0.3 is 9.51 Å². The van der Waals surface area contributed by atoms with Crippen LogP contribution in [0.4, 0.5) is 0 Å². The summed E-state index contributed by atoms with van der Waals surface area (Å²) >= 11 is 0. The second-order valence-corrected chi connectivity index (χ2v) is 9.42. The van der Waals surface area contributed by atoms with Crippen molar-refractivity contribution in [1.29, 1.82) is 0 Å². The van der Waals surface area contributed by atoms with Gasteiger partial charge in [-0.25, -0.2) is 13.4 Å². The fraction of sp³-hybridized carbons (Fsp3) is 0.286. The molecule has 9 heteroatoms. The van der Waals surface area contributed by atoms with Crippen molar-refractivity contribution >= 4 is 21.1 Å². The van der Waals surface area contributed by atoms with Gasteiger partial charge in [0, 0.05) is 31.5 Å². The molecule has 2 aromatic carbocycles. The SMILES string of the molecule is Cc1nc(-c2ccc(S(=O)(=O)N3CCC(c4nc5ccccc5[nH]4)CC3)cc2)no1. The van der Waals surface area contributed by atoms with Gasteiger partial charge in [0.15, 0.2) is 0 Å². The number of aryl methyl sites for hydroxylation is 1. The molecule has 154 valence electrons. The van der Waals surface area contributed by atoms with Crippen LogP contribution in [0.25, 0.3) is 22.4 Å². The molecule has 0 saturated carbocycles. The molecule has 2 aromatic heterocycles. The van der Waals surface area contributed by atoms with Gasteiger partial charge in [-0.2, -0.15) is 9.29 Å². The van der Waals surface area contributed by atoms with Gasteiger partial charge >= 0.3 is 0 Å². The van der Waals surface area contributed by atoms with Crippen LogP contribution in [0.3, 0.4) is 0 Å². The molecule has 30 heavy (non-hydrogen) atoms. The molecule has 1 aliphatic heterocycles. The molecule has 0 amide bonds. The quantitative estimate of drug-likeness (QED) is 0.539. The number of sulfonamides is 1. The highest BCUT2D eigenvalue weighted by molar-refractivity contribution is 7.89. The third kappa shape index (κ3) is 3.40. The Morgan fingerprint density at radius 1 is 1.03 bits per heavy atom. The van der Waals surface area contributed by atoms with E-state index in [0.717, 1.165) is 35.3 Å². The molecule has 3 heterocycles. The number of aromatic nitrogens is 4. The summed E-state index contributed by atoms with van der Waals surface area (Å²) in [5.74, 6) is 2.08. The summed E-state index contributed by atoms with van der Waals surface area (Å²) in [6.45, 7) is 2.65. The van der Waals surface area contributed by atoms with Crippen molar-refractivity contribution in [3.63, 3.8) is 0 Å². The van der Waals surface area contributed by atoms with Crippen LogP contribution in [-0.2, 0) is 10.0 Å². The standard InChI is InChI=1S/C21H21N5O3S/c1-14-22-21(25-29-14)15-6-8-17(9-7-15)30(27,28)26-12-10-16(11-13-26)20-23-18-4-2-3-5-19(18)24-20/h2-9,16H,10-13H2,1H3,(H,23,24). The van der Waals surface area contributed by atoms with Gasteiger partial charge in [-0.15, -0.1) is 0 Å². The minimum absolute atomic E-state index is 0.229. The zero-order valence-corrected chi connectivity index (χ0v) is 17.3. The maximum atomic E-state index is 13.1. The predicted octanol–water partition coefficient (Wildman–Crippen LogP) is 3.49. The summed E-state index contributed by atoms with van der Waals surface area (Å²) in [6.07, 6.45) is 1.47. The van der Waals surface area contributed by atoms with E-state index in [4.69, 9.17) is 4.52 Å². The van der Waals surface area contributed by atoms with Gasteiger partial charge in [-0.1, -0.05) is 17.3 Å². The van der Waals surface area contributed by atoms with E-state index in [1.807, 2.05) is 24.3 Å². The molecular weight excluding hydrogens is 402 g/mol. The molecule has 1 fully saturated rings. The van der Waals surface area contributed by atoms with Crippen molar-refractivity contribution in [2.75, 3.05) is 13.1 Å². The Morgan fingerprint density at radius 2 is 1.77 bits per heavy atom. The van der Waals surface area contributed by atoms with E-state index in [1.165, 1.54) is 0 Å². The van der Waals surface area contributed by atoms with Crippen LogP contribution in [-0.4, -0.2) is 45.9 Å². The average molecular weight is 423 g/mol. The minimum atomic E-state index is -3.55. The van der Waals surface area contributed by atoms with E-state index in [1.54, 1.807) is 35.5 Å². The molecule has 0 atom stereocenters. The number of nitrogens with zero attached hydrogens (tertiary/aromatic N) is 4. The van der Waals surface area contributed by atoms with Gasteiger partial charge in [-0.05, 0) is 49.2 Å². The maximum Gasteiger partial charge on any atom is 0.243 e. The molecule has 0 aliphatic carbocycles. The van der Waals surface area contributed by atoms with Gasteiger partial charge in [0.1, 0.15) is 5.82 Å². The Bertz CT molecular complexity index is 1250. The van der Waals surface area contributed by atoms with Crippen LogP contribution in [0.1, 0.15) is 30.5 Å². The number of hydrogen-bond donors (Lipinski definition) is 1.